The van der Waals surface area contributed by atoms with Crippen molar-refractivity contribution >= 4 is 8.07 Å². The van der Waals surface area contributed by atoms with Gasteiger partial charge in [0.05, 0.1) is 8.07 Å². The molecule has 4 aliphatic rings. The zero-order valence-electron chi connectivity index (χ0n) is 19.7. The van der Waals surface area contributed by atoms with Crippen molar-refractivity contribution in [3.8, 4) is 0 Å². The van der Waals surface area contributed by atoms with Gasteiger partial charge in [0.25, 0.3) is 0 Å². The van der Waals surface area contributed by atoms with Gasteiger partial charge in [-0.15, -0.1) is 0 Å². The van der Waals surface area contributed by atoms with E-state index in [-0.39, 0.29) is 0 Å². The van der Waals surface area contributed by atoms with Crippen LogP contribution < -0.4 is 0 Å². The SMILES string of the molecule is CCCC1C(C)C([Si](C)(C)C2C3C=CC=CC3C(CCC)[C@H]2C)C2C=CC=CC21. The maximum absolute atomic E-state index is 2.80. The van der Waals surface area contributed by atoms with Gasteiger partial charge in [-0.25, -0.2) is 0 Å². The Balaban J connectivity index is 1.70. The lowest BCUT2D eigenvalue weighted by Gasteiger charge is -2.45. The molecule has 0 aliphatic heterocycles. The van der Waals surface area contributed by atoms with Gasteiger partial charge in [0.2, 0.25) is 0 Å². The van der Waals surface area contributed by atoms with Gasteiger partial charge in [-0.1, -0.05) is 102 Å². The van der Waals surface area contributed by atoms with Crippen LogP contribution in [0, 0.1) is 47.3 Å². The molecule has 0 bridgehead atoms. The Hall–Kier alpha value is -0.823. The number of hydrogen-bond acceptors (Lipinski definition) is 0. The van der Waals surface area contributed by atoms with Crippen LogP contribution in [-0.2, 0) is 0 Å². The van der Waals surface area contributed by atoms with Crippen LogP contribution in [0.15, 0.2) is 48.6 Å². The Morgan fingerprint density at radius 1 is 0.586 bits per heavy atom. The third-order valence-electron chi connectivity index (χ3n) is 9.71. The van der Waals surface area contributed by atoms with Gasteiger partial charge >= 0.3 is 0 Å². The van der Waals surface area contributed by atoms with Gasteiger partial charge in [0.1, 0.15) is 0 Å². The summed E-state index contributed by atoms with van der Waals surface area (Å²) in [6.45, 7) is 15.6. The second-order valence-electron chi connectivity index (χ2n) is 11.3. The van der Waals surface area contributed by atoms with Crippen LogP contribution in [0.3, 0.4) is 0 Å². The molecule has 0 aromatic rings. The number of rotatable bonds is 6. The molecule has 160 valence electrons. The monoisotopic (exact) mass is 408 g/mol. The van der Waals surface area contributed by atoms with Gasteiger partial charge in [0, 0.05) is 0 Å². The lowest BCUT2D eigenvalue weighted by molar-refractivity contribution is 0.329. The summed E-state index contributed by atoms with van der Waals surface area (Å²) in [6.07, 6.45) is 25.3. The van der Waals surface area contributed by atoms with Crippen molar-refractivity contribution in [1.29, 1.82) is 0 Å². The van der Waals surface area contributed by atoms with Crippen LogP contribution in [0.4, 0.5) is 0 Å². The Labute approximate surface area is 181 Å². The summed E-state index contributed by atoms with van der Waals surface area (Å²) in [5, 5.41) is 0. The lowest BCUT2D eigenvalue weighted by atomic mass is 9.82. The zero-order chi connectivity index (χ0) is 20.8. The summed E-state index contributed by atoms with van der Waals surface area (Å²) in [6, 6.07) is 0. The zero-order valence-corrected chi connectivity index (χ0v) is 20.7. The van der Waals surface area contributed by atoms with Crippen molar-refractivity contribution in [2.24, 2.45) is 47.3 Å². The second kappa shape index (κ2) is 8.37. The predicted octanol–water partition coefficient (Wildman–Crippen LogP) is 8.28. The maximum atomic E-state index is 2.80. The van der Waals surface area contributed by atoms with E-state index < -0.39 is 8.07 Å². The van der Waals surface area contributed by atoms with Crippen LogP contribution in [-0.4, -0.2) is 8.07 Å². The minimum atomic E-state index is -1.49. The van der Waals surface area contributed by atoms with E-state index in [0.29, 0.717) is 0 Å². The molecule has 0 heterocycles. The van der Waals surface area contributed by atoms with Gasteiger partial charge in [-0.2, -0.15) is 0 Å². The minimum absolute atomic E-state index is 0.798. The molecule has 4 rings (SSSR count). The van der Waals surface area contributed by atoms with Crippen molar-refractivity contribution in [2.75, 3.05) is 0 Å². The summed E-state index contributed by atoms with van der Waals surface area (Å²) in [4.78, 5) is 0. The van der Waals surface area contributed by atoms with Gasteiger partial charge in [-0.05, 0) is 71.3 Å². The smallest absolute Gasteiger partial charge is 0.0553 e. The minimum Gasteiger partial charge on any atom is -0.0808 e. The van der Waals surface area contributed by atoms with Crippen molar-refractivity contribution in [3.63, 3.8) is 0 Å². The first-order valence-corrected chi connectivity index (χ1v) is 15.8. The number of allylic oxidation sites excluding steroid dienone is 8. The molecular weight excluding hydrogens is 364 g/mol. The van der Waals surface area contributed by atoms with E-state index >= 15 is 0 Å². The molecule has 0 nitrogen and oxygen atoms in total. The molecule has 9 unspecified atom stereocenters. The molecule has 0 aromatic heterocycles. The fourth-order valence-electron chi connectivity index (χ4n) is 8.94. The standard InChI is InChI=1S/C28H44Si/c1-7-13-21-19(3)27(25-17-11-9-15-23(21)25)29(5,6)28-20(4)22(14-8-2)24-16-10-12-18-26(24)28/h9-12,15-28H,7-8,13-14H2,1-6H3/t19-,20?,21?,22?,23?,24?,25?,26?,27?,28?/m1/s1. The summed E-state index contributed by atoms with van der Waals surface area (Å²) in [7, 11) is -1.49. The molecule has 2 saturated carbocycles. The van der Waals surface area contributed by atoms with Gasteiger partial charge in [-0.3, -0.25) is 0 Å². The van der Waals surface area contributed by atoms with E-state index in [1.165, 1.54) is 25.7 Å². The van der Waals surface area contributed by atoms with E-state index in [4.69, 9.17) is 0 Å². The topological polar surface area (TPSA) is 0 Å². The molecule has 0 radical (unpaired) electrons. The third-order valence-corrected chi connectivity index (χ3v) is 15.0. The molecule has 0 spiro atoms. The molecule has 1 heteroatoms. The second-order valence-corrected chi connectivity index (χ2v) is 16.3. The number of fused-ring (bicyclic) bond motifs is 2. The highest BCUT2D eigenvalue weighted by molar-refractivity contribution is 6.80. The van der Waals surface area contributed by atoms with Crippen molar-refractivity contribution < 1.29 is 0 Å². The first-order valence-electron chi connectivity index (χ1n) is 12.6. The van der Waals surface area contributed by atoms with Crippen LogP contribution in [0.5, 0.6) is 0 Å². The summed E-state index contributed by atoms with van der Waals surface area (Å²) in [5.74, 6) is 6.72. The molecule has 0 amide bonds. The van der Waals surface area contributed by atoms with E-state index in [1.54, 1.807) is 0 Å². The summed E-state index contributed by atoms with van der Waals surface area (Å²) >= 11 is 0. The van der Waals surface area contributed by atoms with Crippen LogP contribution in [0.1, 0.15) is 53.4 Å². The summed E-state index contributed by atoms with van der Waals surface area (Å²) in [5.41, 5.74) is 1.86. The molecule has 2 fully saturated rings. The van der Waals surface area contributed by atoms with Crippen molar-refractivity contribution in [2.45, 2.75) is 77.6 Å². The fraction of sp³-hybridized carbons (Fsp3) is 0.714. The van der Waals surface area contributed by atoms with Crippen LogP contribution in [0.25, 0.3) is 0 Å². The van der Waals surface area contributed by atoms with Gasteiger partial charge in [0.15, 0.2) is 0 Å². The predicted molar refractivity (Wildman–Crippen MR) is 131 cm³/mol. The average Bonchev–Trinajstić information content (AvgIpc) is 3.15. The molecule has 0 aromatic carbocycles. The largest absolute Gasteiger partial charge is 0.0808 e. The average molecular weight is 409 g/mol. The highest BCUT2D eigenvalue weighted by atomic mass is 28.3. The van der Waals surface area contributed by atoms with Crippen molar-refractivity contribution in [1.82, 2.24) is 0 Å². The van der Waals surface area contributed by atoms with Crippen LogP contribution >= 0.6 is 0 Å². The van der Waals surface area contributed by atoms with Gasteiger partial charge < -0.3 is 0 Å². The fourth-order valence-corrected chi connectivity index (χ4v) is 15.2. The normalized spacial score (nSPS) is 45.6. The molecule has 0 saturated heterocycles. The van der Waals surface area contributed by atoms with E-state index in [0.717, 1.165) is 58.4 Å². The Bertz CT molecular complexity index is 637. The third kappa shape index (κ3) is 3.40. The Morgan fingerprint density at radius 2 is 0.931 bits per heavy atom. The van der Waals surface area contributed by atoms with E-state index in [1.807, 2.05) is 0 Å². The molecular formula is C28H44Si. The Kier molecular flexibility index (Phi) is 6.18. The molecule has 0 N–H and O–H groups in total. The first-order chi connectivity index (χ1) is 13.9. The van der Waals surface area contributed by atoms with Crippen molar-refractivity contribution in [3.05, 3.63) is 48.6 Å². The molecule has 29 heavy (non-hydrogen) atoms. The highest BCUT2D eigenvalue weighted by Gasteiger charge is 2.60. The molecule has 10 atom stereocenters. The lowest BCUT2D eigenvalue weighted by Crippen LogP contribution is -2.46. The Morgan fingerprint density at radius 3 is 1.28 bits per heavy atom. The first kappa shape index (κ1) is 21.4. The molecule has 4 aliphatic carbocycles. The number of hydrogen-bond donors (Lipinski definition) is 0. The van der Waals surface area contributed by atoms with E-state index in [9.17, 15) is 0 Å². The van der Waals surface area contributed by atoms with Crippen LogP contribution in [0.2, 0.25) is 24.2 Å². The highest BCUT2D eigenvalue weighted by Crippen LogP contribution is 2.65. The summed E-state index contributed by atoms with van der Waals surface area (Å²) < 4.78 is 0. The van der Waals surface area contributed by atoms with E-state index in [2.05, 4.69) is 89.4 Å². The quantitative estimate of drug-likeness (QED) is 0.388. The maximum Gasteiger partial charge on any atom is 0.0553 e.